The van der Waals surface area contributed by atoms with Crippen LogP contribution in [0.1, 0.15) is 37.4 Å². The fourth-order valence-corrected chi connectivity index (χ4v) is 2.12. The number of unbranched alkanes of at least 4 members (excludes halogenated alkanes) is 1. The van der Waals surface area contributed by atoms with Crippen molar-refractivity contribution in [3.63, 3.8) is 0 Å². The van der Waals surface area contributed by atoms with E-state index in [4.69, 9.17) is 4.74 Å². The van der Waals surface area contributed by atoms with Crippen molar-refractivity contribution in [1.82, 2.24) is 0 Å². The molecule has 0 aliphatic rings. The van der Waals surface area contributed by atoms with Gasteiger partial charge in [-0.2, -0.15) is 0 Å². The van der Waals surface area contributed by atoms with Gasteiger partial charge in [0.1, 0.15) is 5.75 Å². The van der Waals surface area contributed by atoms with E-state index in [2.05, 4.69) is 0 Å². The highest BCUT2D eigenvalue weighted by atomic mass is 16.5. The van der Waals surface area contributed by atoms with Crippen molar-refractivity contribution in [3.05, 3.63) is 66.2 Å². The summed E-state index contributed by atoms with van der Waals surface area (Å²) >= 11 is 0. The van der Waals surface area contributed by atoms with Crippen LogP contribution < -0.4 is 4.74 Å². The van der Waals surface area contributed by atoms with Crippen molar-refractivity contribution in [2.24, 2.45) is 0 Å². The lowest BCUT2D eigenvalue weighted by molar-refractivity contribution is -0.134. The molecule has 0 aliphatic heterocycles. The third kappa shape index (κ3) is 5.40. The van der Waals surface area contributed by atoms with Gasteiger partial charge in [0.2, 0.25) is 0 Å². The van der Waals surface area contributed by atoms with Gasteiger partial charge in [0, 0.05) is 6.42 Å². The van der Waals surface area contributed by atoms with E-state index >= 15 is 0 Å². The van der Waals surface area contributed by atoms with E-state index < -0.39 is 6.10 Å². The number of esters is 1. The van der Waals surface area contributed by atoms with Crippen LogP contribution in [0.25, 0.3) is 0 Å². The predicted molar refractivity (Wildman–Crippen MR) is 81.9 cm³/mol. The lowest BCUT2D eigenvalue weighted by Gasteiger charge is -2.10. The molecule has 110 valence electrons. The predicted octanol–water partition coefficient (Wildman–Crippen LogP) is 3.89. The molecule has 0 radical (unpaired) electrons. The Balaban J connectivity index is 1.64. The summed E-state index contributed by atoms with van der Waals surface area (Å²) in [7, 11) is 0. The van der Waals surface area contributed by atoms with Crippen molar-refractivity contribution in [2.75, 3.05) is 0 Å². The number of aliphatic hydroxyl groups excluding tert-OH is 1. The molecule has 0 amide bonds. The normalized spacial score (nSPS) is 11.9. The van der Waals surface area contributed by atoms with Crippen LogP contribution in [0, 0.1) is 0 Å². The summed E-state index contributed by atoms with van der Waals surface area (Å²) in [6.45, 7) is 0. The first-order chi connectivity index (χ1) is 10.3. The van der Waals surface area contributed by atoms with Crippen molar-refractivity contribution < 1.29 is 14.6 Å². The number of para-hydroxylation sites is 1. The number of hydrogen-bond acceptors (Lipinski definition) is 3. The second kappa shape index (κ2) is 8.22. The zero-order chi connectivity index (χ0) is 14.9. The Morgan fingerprint density at radius 1 is 0.952 bits per heavy atom. The molecule has 2 aromatic rings. The molecular formula is C18H20O3. The van der Waals surface area contributed by atoms with Gasteiger partial charge < -0.3 is 9.84 Å². The van der Waals surface area contributed by atoms with Gasteiger partial charge in [0.05, 0.1) is 6.10 Å². The number of carbonyl (C=O) groups is 1. The Bertz CT molecular complexity index is 537. The summed E-state index contributed by atoms with van der Waals surface area (Å²) in [6, 6.07) is 18.6. The number of benzene rings is 2. The Labute approximate surface area is 125 Å². The van der Waals surface area contributed by atoms with Crippen LogP contribution in [0.3, 0.4) is 0 Å². The number of hydrogen-bond donors (Lipinski definition) is 1. The van der Waals surface area contributed by atoms with E-state index in [9.17, 15) is 9.90 Å². The van der Waals surface area contributed by atoms with E-state index in [1.165, 1.54) is 0 Å². The minimum atomic E-state index is -0.462. The lowest BCUT2D eigenvalue weighted by atomic mass is 10.0. The number of ether oxygens (including phenoxy) is 1. The summed E-state index contributed by atoms with van der Waals surface area (Å²) in [4.78, 5) is 11.6. The third-order valence-electron chi connectivity index (χ3n) is 3.27. The lowest BCUT2D eigenvalue weighted by Crippen LogP contribution is -2.07. The zero-order valence-corrected chi connectivity index (χ0v) is 11.9. The van der Waals surface area contributed by atoms with E-state index in [0.717, 1.165) is 18.4 Å². The molecule has 3 nitrogen and oxygen atoms in total. The van der Waals surface area contributed by atoms with Gasteiger partial charge in [-0.25, -0.2) is 0 Å². The average molecular weight is 284 g/mol. The maximum atomic E-state index is 11.6. The molecule has 21 heavy (non-hydrogen) atoms. The molecule has 2 aromatic carbocycles. The van der Waals surface area contributed by atoms with E-state index in [1.54, 1.807) is 12.1 Å². The molecule has 0 saturated heterocycles. The Morgan fingerprint density at radius 3 is 2.24 bits per heavy atom. The van der Waals surface area contributed by atoms with Crippen LogP contribution in [0.5, 0.6) is 5.75 Å². The van der Waals surface area contributed by atoms with Crippen molar-refractivity contribution in [2.45, 2.75) is 31.8 Å². The first-order valence-corrected chi connectivity index (χ1v) is 7.24. The summed E-state index contributed by atoms with van der Waals surface area (Å²) in [6.07, 6.45) is 2.07. The first-order valence-electron chi connectivity index (χ1n) is 7.24. The first kappa shape index (κ1) is 15.3. The quantitative estimate of drug-likeness (QED) is 0.477. The molecule has 1 atom stereocenters. The zero-order valence-electron chi connectivity index (χ0n) is 11.9. The van der Waals surface area contributed by atoms with Crippen LogP contribution in [0.4, 0.5) is 0 Å². The fourth-order valence-electron chi connectivity index (χ4n) is 2.12. The largest absolute Gasteiger partial charge is 0.427 e. The molecule has 1 unspecified atom stereocenters. The van der Waals surface area contributed by atoms with Gasteiger partial charge in [-0.1, -0.05) is 48.5 Å². The second-order valence-electron chi connectivity index (χ2n) is 4.96. The maximum absolute atomic E-state index is 11.6. The van der Waals surface area contributed by atoms with Gasteiger partial charge in [0.25, 0.3) is 0 Å². The Morgan fingerprint density at radius 2 is 1.57 bits per heavy atom. The summed E-state index contributed by atoms with van der Waals surface area (Å²) in [5.74, 6) is 0.349. The molecular weight excluding hydrogens is 264 g/mol. The van der Waals surface area contributed by atoms with Crippen LogP contribution >= 0.6 is 0 Å². The Kier molecular flexibility index (Phi) is 5.98. The van der Waals surface area contributed by atoms with Crippen LogP contribution in [0.2, 0.25) is 0 Å². The summed E-state index contributed by atoms with van der Waals surface area (Å²) < 4.78 is 5.20. The van der Waals surface area contributed by atoms with Gasteiger partial charge >= 0.3 is 5.97 Å². The second-order valence-corrected chi connectivity index (χ2v) is 4.96. The molecule has 0 bridgehead atoms. The van der Waals surface area contributed by atoms with Crippen molar-refractivity contribution in [1.29, 1.82) is 0 Å². The van der Waals surface area contributed by atoms with Crippen LogP contribution in [0.15, 0.2) is 60.7 Å². The monoisotopic (exact) mass is 284 g/mol. The molecule has 0 heterocycles. The van der Waals surface area contributed by atoms with E-state index in [1.807, 2.05) is 48.5 Å². The molecule has 2 rings (SSSR count). The number of carbonyl (C=O) groups excluding carboxylic acids is 1. The highest BCUT2D eigenvalue weighted by Gasteiger charge is 2.08. The van der Waals surface area contributed by atoms with Crippen molar-refractivity contribution >= 4 is 5.97 Å². The average Bonchev–Trinajstić information content (AvgIpc) is 2.53. The van der Waals surface area contributed by atoms with E-state index in [0.29, 0.717) is 18.6 Å². The molecule has 0 spiro atoms. The number of rotatable bonds is 7. The minimum absolute atomic E-state index is 0.226. The van der Waals surface area contributed by atoms with Crippen LogP contribution in [-0.2, 0) is 4.79 Å². The maximum Gasteiger partial charge on any atom is 0.311 e. The molecule has 0 fully saturated rings. The van der Waals surface area contributed by atoms with Crippen molar-refractivity contribution in [3.8, 4) is 5.75 Å². The van der Waals surface area contributed by atoms with Gasteiger partial charge in [-0.05, 0) is 37.0 Å². The molecule has 0 aromatic heterocycles. The van der Waals surface area contributed by atoms with E-state index in [-0.39, 0.29) is 5.97 Å². The van der Waals surface area contributed by atoms with Gasteiger partial charge in [0.15, 0.2) is 0 Å². The summed E-state index contributed by atoms with van der Waals surface area (Å²) in [5, 5.41) is 10.0. The summed E-state index contributed by atoms with van der Waals surface area (Å²) in [5.41, 5.74) is 0.921. The Hall–Kier alpha value is -2.13. The third-order valence-corrected chi connectivity index (χ3v) is 3.27. The molecule has 3 heteroatoms. The number of aliphatic hydroxyl groups is 1. The SMILES string of the molecule is O=C(CCCCC(O)c1ccccc1)Oc1ccccc1. The fraction of sp³-hybridized carbons (Fsp3) is 0.278. The minimum Gasteiger partial charge on any atom is -0.427 e. The standard InChI is InChI=1S/C18H20O3/c19-17(15-9-3-1-4-10-15)13-7-8-14-18(20)21-16-11-5-2-6-12-16/h1-6,9-12,17,19H,7-8,13-14H2. The highest BCUT2D eigenvalue weighted by molar-refractivity contribution is 5.72. The van der Waals surface area contributed by atoms with Gasteiger partial charge in [-0.15, -0.1) is 0 Å². The molecule has 0 aliphatic carbocycles. The highest BCUT2D eigenvalue weighted by Crippen LogP contribution is 2.19. The topological polar surface area (TPSA) is 46.5 Å². The molecule has 0 saturated carbocycles. The molecule has 1 N–H and O–H groups in total. The van der Waals surface area contributed by atoms with Crippen LogP contribution in [-0.4, -0.2) is 11.1 Å². The van der Waals surface area contributed by atoms with Gasteiger partial charge in [-0.3, -0.25) is 4.79 Å². The smallest absolute Gasteiger partial charge is 0.311 e.